The summed E-state index contributed by atoms with van der Waals surface area (Å²) in [4.78, 5) is 15.0. The summed E-state index contributed by atoms with van der Waals surface area (Å²) < 4.78 is 0. The van der Waals surface area contributed by atoms with E-state index in [1.807, 2.05) is 0 Å². The van der Waals surface area contributed by atoms with Gasteiger partial charge in [0.05, 0.1) is 10.7 Å². The number of carboxylic acids is 1. The molecule has 0 bridgehead atoms. The van der Waals surface area contributed by atoms with Gasteiger partial charge in [-0.3, -0.25) is 9.78 Å². The molecule has 1 aliphatic carbocycles. The average Bonchev–Trinajstić information content (AvgIpc) is 2.85. The number of halogens is 2. The summed E-state index contributed by atoms with van der Waals surface area (Å²) in [6, 6.07) is 3.37. The van der Waals surface area contributed by atoms with E-state index in [0.717, 1.165) is 0 Å². The molecule has 76 valence electrons. The molecule has 1 aromatic rings. The Morgan fingerprint density at radius 2 is 2.21 bits per heavy atom. The number of aliphatic carboxylic acids is 1. The number of hydrogen-bond donors (Lipinski definition) is 1. The van der Waals surface area contributed by atoms with Gasteiger partial charge in [0.2, 0.25) is 0 Å². The van der Waals surface area contributed by atoms with E-state index in [-0.39, 0.29) is 12.4 Å². The average molecular weight is 234 g/mol. The third kappa shape index (κ3) is 1.57. The minimum absolute atomic E-state index is 0. The molecule has 0 radical (unpaired) electrons. The largest absolute Gasteiger partial charge is 0.481 e. The third-order valence-corrected chi connectivity index (χ3v) is 2.68. The van der Waals surface area contributed by atoms with Crippen LogP contribution in [0.15, 0.2) is 18.3 Å². The molecule has 0 amide bonds. The Bertz CT molecular complexity index is 364. The monoisotopic (exact) mass is 233 g/mol. The zero-order valence-electron chi connectivity index (χ0n) is 7.24. The first kappa shape index (κ1) is 11.3. The van der Waals surface area contributed by atoms with Crippen LogP contribution in [0.3, 0.4) is 0 Å². The van der Waals surface area contributed by atoms with Crippen molar-refractivity contribution in [2.24, 2.45) is 0 Å². The van der Waals surface area contributed by atoms with Gasteiger partial charge in [-0.25, -0.2) is 0 Å². The van der Waals surface area contributed by atoms with Crippen molar-refractivity contribution in [3.05, 3.63) is 29.0 Å². The van der Waals surface area contributed by atoms with Gasteiger partial charge in [-0.15, -0.1) is 12.4 Å². The summed E-state index contributed by atoms with van der Waals surface area (Å²) in [5, 5.41) is 9.43. The molecule has 0 aliphatic heterocycles. The fourth-order valence-electron chi connectivity index (χ4n) is 1.41. The van der Waals surface area contributed by atoms with E-state index in [1.165, 1.54) is 0 Å². The Morgan fingerprint density at radius 1 is 1.57 bits per heavy atom. The normalized spacial score (nSPS) is 16.9. The van der Waals surface area contributed by atoms with E-state index < -0.39 is 11.4 Å². The molecule has 0 spiro atoms. The van der Waals surface area contributed by atoms with Crippen LogP contribution in [0.4, 0.5) is 0 Å². The van der Waals surface area contributed by atoms with Crippen LogP contribution in [0.1, 0.15) is 18.5 Å². The SMILES string of the molecule is Cl.O=C(O)C1(c2ncccc2Cl)CC1. The molecule has 0 unspecified atom stereocenters. The first-order chi connectivity index (χ1) is 6.17. The first-order valence-electron chi connectivity index (χ1n) is 4.01. The van der Waals surface area contributed by atoms with E-state index in [0.29, 0.717) is 23.6 Å². The van der Waals surface area contributed by atoms with Gasteiger partial charge in [0, 0.05) is 6.20 Å². The van der Waals surface area contributed by atoms with E-state index in [1.54, 1.807) is 18.3 Å². The molecule has 0 saturated heterocycles. The van der Waals surface area contributed by atoms with Crippen molar-refractivity contribution in [2.75, 3.05) is 0 Å². The number of nitrogens with zero attached hydrogens (tertiary/aromatic N) is 1. The van der Waals surface area contributed by atoms with Crippen molar-refractivity contribution in [2.45, 2.75) is 18.3 Å². The van der Waals surface area contributed by atoms with Gasteiger partial charge in [0.25, 0.3) is 0 Å². The Balaban J connectivity index is 0.000000980. The number of hydrogen-bond acceptors (Lipinski definition) is 2. The minimum atomic E-state index is -0.826. The number of carboxylic acid groups (broad SMARTS) is 1. The molecular formula is C9H9Cl2NO2. The van der Waals surface area contributed by atoms with Crippen LogP contribution in [0, 0.1) is 0 Å². The fraction of sp³-hybridized carbons (Fsp3) is 0.333. The lowest BCUT2D eigenvalue weighted by Gasteiger charge is -2.09. The molecule has 0 aromatic carbocycles. The zero-order chi connectivity index (χ0) is 9.47. The highest BCUT2D eigenvalue weighted by molar-refractivity contribution is 6.31. The molecular weight excluding hydrogens is 225 g/mol. The lowest BCUT2D eigenvalue weighted by Crippen LogP contribution is -2.21. The second-order valence-electron chi connectivity index (χ2n) is 3.22. The van der Waals surface area contributed by atoms with Gasteiger partial charge >= 0.3 is 5.97 Å². The standard InChI is InChI=1S/C9H8ClNO2.ClH/c10-6-2-1-5-11-7(6)9(3-4-9)8(12)13;/h1-2,5H,3-4H2,(H,12,13);1H. The van der Waals surface area contributed by atoms with Crippen LogP contribution in [-0.2, 0) is 10.2 Å². The van der Waals surface area contributed by atoms with Crippen molar-refractivity contribution < 1.29 is 9.90 Å². The number of aromatic nitrogens is 1. The Hall–Kier alpha value is -0.800. The molecule has 1 heterocycles. The smallest absolute Gasteiger partial charge is 0.315 e. The summed E-state index contributed by atoms with van der Waals surface area (Å²) in [6.45, 7) is 0. The van der Waals surface area contributed by atoms with E-state index in [2.05, 4.69) is 4.98 Å². The number of rotatable bonds is 2. The van der Waals surface area contributed by atoms with E-state index in [9.17, 15) is 4.79 Å². The summed E-state index contributed by atoms with van der Waals surface area (Å²) >= 11 is 5.87. The quantitative estimate of drug-likeness (QED) is 0.853. The maximum Gasteiger partial charge on any atom is 0.315 e. The van der Waals surface area contributed by atoms with E-state index in [4.69, 9.17) is 16.7 Å². The number of pyridine rings is 1. The van der Waals surface area contributed by atoms with Gasteiger partial charge < -0.3 is 5.11 Å². The van der Waals surface area contributed by atoms with Crippen LogP contribution in [-0.4, -0.2) is 16.1 Å². The summed E-state index contributed by atoms with van der Waals surface area (Å²) in [5.41, 5.74) is -0.289. The molecule has 1 aliphatic rings. The zero-order valence-corrected chi connectivity index (χ0v) is 8.81. The molecule has 0 atom stereocenters. The summed E-state index contributed by atoms with van der Waals surface area (Å²) in [6.07, 6.45) is 2.85. The maximum absolute atomic E-state index is 10.9. The van der Waals surface area contributed by atoms with Gasteiger partial charge in [-0.2, -0.15) is 0 Å². The molecule has 14 heavy (non-hydrogen) atoms. The Labute approximate surface area is 92.5 Å². The highest BCUT2D eigenvalue weighted by Gasteiger charge is 2.54. The predicted molar refractivity (Wildman–Crippen MR) is 55.0 cm³/mol. The van der Waals surface area contributed by atoms with Crippen LogP contribution in [0.5, 0.6) is 0 Å². The maximum atomic E-state index is 10.9. The second-order valence-corrected chi connectivity index (χ2v) is 3.63. The summed E-state index contributed by atoms with van der Waals surface area (Å²) in [7, 11) is 0. The van der Waals surface area contributed by atoms with Gasteiger partial charge in [-0.05, 0) is 25.0 Å². The topological polar surface area (TPSA) is 50.2 Å². The van der Waals surface area contributed by atoms with Crippen molar-refractivity contribution in [3.63, 3.8) is 0 Å². The first-order valence-corrected chi connectivity index (χ1v) is 4.39. The van der Waals surface area contributed by atoms with Crippen LogP contribution >= 0.6 is 24.0 Å². The number of carbonyl (C=O) groups is 1. The van der Waals surface area contributed by atoms with Crippen LogP contribution < -0.4 is 0 Å². The van der Waals surface area contributed by atoms with Crippen LogP contribution in [0.2, 0.25) is 5.02 Å². The van der Waals surface area contributed by atoms with Crippen molar-refractivity contribution in [1.82, 2.24) is 4.98 Å². The van der Waals surface area contributed by atoms with Crippen molar-refractivity contribution in [1.29, 1.82) is 0 Å². The Morgan fingerprint density at radius 3 is 2.64 bits per heavy atom. The van der Waals surface area contributed by atoms with Crippen molar-refractivity contribution in [3.8, 4) is 0 Å². The molecule has 3 nitrogen and oxygen atoms in total. The lowest BCUT2D eigenvalue weighted by molar-refractivity contribution is -0.140. The molecule has 5 heteroatoms. The predicted octanol–water partition coefficient (Wildman–Crippen LogP) is 2.27. The van der Waals surface area contributed by atoms with E-state index >= 15 is 0 Å². The lowest BCUT2D eigenvalue weighted by atomic mass is 10.0. The van der Waals surface area contributed by atoms with Gasteiger partial charge in [-0.1, -0.05) is 11.6 Å². The molecule has 1 saturated carbocycles. The van der Waals surface area contributed by atoms with Crippen LogP contribution in [0.25, 0.3) is 0 Å². The molecule has 1 fully saturated rings. The Kier molecular flexibility index (Phi) is 3.02. The molecule has 2 rings (SSSR count). The molecule has 1 N–H and O–H groups in total. The van der Waals surface area contributed by atoms with Crippen molar-refractivity contribution >= 4 is 30.0 Å². The van der Waals surface area contributed by atoms with Gasteiger partial charge in [0.15, 0.2) is 0 Å². The summed E-state index contributed by atoms with van der Waals surface area (Å²) in [5.74, 6) is -0.826. The highest BCUT2D eigenvalue weighted by atomic mass is 35.5. The minimum Gasteiger partial charge on any atom is -0.481 e. The van der Waals surface area contributed by atoms with Gasteiger partial charge in [0.1, 0.15) is 5.41 Å². The second kappa shape index (κ2) is 3.75. The fourth-order valence-corrected chi connectivity index (χ4v) is 1.72. The third-order valence-electron chi connectivity index (χ3n) is 2.37. The molecule has 1 aromatic heterocycles. The highest BCUT2D eigenvalue weighted by Crippen LogP contribution is 2.49.